The van der Waals surface area contributed by atoms with Crippen LogP contribution in [0.5, 0.6) is 5.75 Å². The van der Waals surface area contributed by atoms with E-state index in [9.17, 15) is 9.59 Å². The van der Waals surface area contributed by atoms with Gasteiger partial charge in [0, 0.05) is 17.3 Å². The number of ether oxygens (including phenoxy) is 1. The van der Waals surface area contributed by atoms with Crippen LogP contribution in [0.4, 0.5) is 0 Å². The molecule has 136 valence electrons. The number of benzene rings is 2. The van der Waals surface area contributed by atoms with Crippen molar-refractivity contribution in [3.05, 3.63) is 94.8 Å². The van der Waals surface area contributed by atoms with Crippen molar-refractivity contribution in [3.8, 4) is 5.75 Å². The molecule has 0 unspecified atom stereocenters. The van der Waals surface area contributed by atoms with Crippen molar-refractivity contribution >= 4 is 23.2 Å². The van der Waals surface area contributed by atoms with Crippen LogP contribution in [-0.4, -0.2) is 23.7 Å². The topological polar surface area (TPSA) is 56.3 Å². The number of hydrogen-bond donors (Lipinski definition) is 0. The fourth-order valence-electron chi connectivity index (χ4n) is 2.83. The molecule has 1 aromatic heterocycles. The molecule has 0 saturated heterocycles. The first kappa shape index (κ1) is 18.8. The van der Waals surface area contributed by atoms with E-state index in [1.165, 1.54) is 0 Å². The maximum atomic E-state index is 13.1. The van der Waals surface area contributed by atoms with E-state index in [0.717, 1.165) is 5.56 Å². The summed E-state index contributed by atoms with van der Waals surface area (Å²) in [5.74, 6) is -0.643. The summed E-state index contributed by atoms with van der Waals surface area (Å²) < 4.78 is 5.13. The number of nitrogens with zero attached hydrogens (tertiary/aromatic N) is 1. The Kier molecular flexibility index (Phi) is 5.99. The summed E-state index contributed by atoms with van der Waals surface area (Å²) in [6, 6.07) is 19.0. The van der Waals surface area contributed by atoms with Gasteiger partial charge in [0.1, 0.15) is 10.9 Å². The lowest BCUT2D eigenvalue weighted by molar-refractivity contribution is 0.0806. The standard InChI is InChI=1S/C22H18ClNO3/c1-27-18-10-8-17(9-11-18)22(26)19(13-15-7-12-20(23)24-14-15)21(25)16-5-3-2-4-6-16/h2-12,14,19H,13H2,1H3/t19-/m1/s1. The van der Waals surface area contributed by atoms with Gasteiger partial charge in [-0.1, -0.05) is 48.0 Å². The minimum atomic E-state index is -0.844. The Morgan fingerprint density at radius 3 is 2.11 bits per heavy atom. The van der Waals surface area contributed by atoms with Gasteiger partial charge in [-0.2, -0.15) is 0 Å². The zero-order valence-electron chi connectivity index (χ0n) is 14.8. The highest BCUT2D eigenvalue weighted by molar-refractivity contribution is 6.29. The van der Waals surface area contributed by atoms with Crippen LogP contribution in [0.2, 0.25) is 5.15 Å². The molecule has 0 aliphatic carbocycles. The van der Waals surface area contributed by atoms with Gasteiger partial charge in [0.2, 0.25) is 0 Å². The quantitative estimate of drug-likeness (QED) is 0.340. The summed E-state index contributed by atoms with van der Waals surface area (Å²) in [6.07, 6.45) is 1.84. The first-order valence-electron chi connectivity index (χ1n) is 8.46. The van der Waals surface area contributed by atoms with Gasteiger partial charge in [-0.3, -0.25) is 9.59 Å². The predicted molar refractivity (Wildman–Crippen MR) is 105 cm³/mol. The summed E-state index contributed by atoms with van der Waals surface area (Å²) in [4.78, 5) is 30.2. The molecule has 27 heavy (non-hydrogen) atoms. The highest BCUT2D eigenvalue weighted by atomic mass is 35.5. The lowest BCUT2D eigenvalue weighted by atomic mass is 9.85. The molecular weight excluding hydrogens is 362 g/mol. The monoisotopic (exact) mass is 379 g/mol. The fourth-order valence-corrected chi connectivity index (χ4v) is 2.94. The normalized spacial score (nSPS) is 11.6. The average molecular weight is 380 g/mol. The van der Waals surface area contributed by atoms with E-state index in [1.54, 1.807) is 74.0 Å². The number of aromatic nitrogens is 1. The Balaban J connectivity index is 1.93. The largest absolute Gasteiger partial charge is 0.497 e. The number of hydrogen-bond acceptors (Lipinski definition) is 4. The lowest BCUT2D eigenvalue weighted by Crippen LogP contribution is -2.26. The first-order valence-corrected chi connectivity index (χ1v) is 8.84. The van der Waals surface area contributed by atoms with Gasteiger partial charge >= 0.3 is 0 Å². The second-order valence-electron chi connectivity index (χ2n) is 6.07. The molecule has 0 N–H and O–H groups in total. The van der Waals surface area contributed by atoms with E-state index in [4.69, 9.17) is 16.3 Å². The molecule has 4 nitrogen and oxygen atoms in total. The minimum Gasteiger partial charge on any atom is -0.497 e. The molecule has 2 aromatic carbocycles. The molecule has 0 fully saturated rings. The molecular formula is C22H18ClNO3. The smallest absolute Gasteiger partial charge is 0.174 e. The van der Waals surface area contributed by atoms with Crippen LogP contribution in [0.3, 0.4) is 0 Å². The van der Waals surface area contributed by atoms with E-state index < -0.39 is 5.92 Å². The number of carbonyl (C=O) groups is 2. The molecule has 3 aromatic rings. The molecule has 0 aliphatic rings. The molecule has 3 rings (SSSR count). The van der Waals surface area contributed by atoms with Crippen molar-refractivity contribution in [1.82, 2.24) is 4.98 Å². The van der Waals surface area contributed by atoms with Crippen molar-refractivity contribution in [2.24, 2.45) is 5.92 Å². The third kappa shape index (κ3) is 4.60. The Hall–Kier alpha value is -2.98. The van der Waals surface area contributed by atoms with Gasteiger partial charge in [0.15, 0.2) is 11.6 Å². The molecule has 0 bridgehead atoms. The predicted octanol–water partition coefficient (Wildman–Crippen LogP) is 4.67. The Bertz CT molecular complexity index is 922. The number of pyridine rings is 1. The third-order valence-electron chi connectivity index (χ3n) is 4.29. The van der Waals surface area contributed by atoms with Gasteiger partial charge in [0.05, 0.1) is 13.0 Å². The highest BCUT2D eigenvalue weighted by Crippen LogP contribution is 2.22. The van der Waals surface area contributed by atoms with Crippen molar-refractivity contribution in [1.29, 1.82) is 0 Å². The second-order valence-corrected chi connectivity index (χ2v) is 6.46. The molecule has 0 amide bonds. The SMILES string of the molecule is COc1ccc(C(=O)[C@H](Cc2ccc(Cl)nc2)C(=O)c2ccccc2)cc1. The number of methoxy groups -OCH3 is 1. The van der Waals surface area contributed by atoms with Crippen LogP contribution in [-0.2, 0) is 6.42 Å². The molecule has 1 heterocycles. The van der Waals surface area contributed by atoms with Crippen LogP contribution >= 0.6 is 11.6 Å². The van der Waals surface area contributed by atoms with E-state index in [-0.39, 0.29) is 18.0 Å². The van der Waals surface area contributed by atoms with Gasteiger partial charge in [-0.05, 0) is 42.3 Å². The Labute approximate surface area is 162 Å². The van der Waals surface area contributed by atoms with E-state index >= 15 is 0 Å². The Morgan fingerprint density at radius 1 is 0.926 bits per heavy atom. The maximum absolute atomic E-state index is 13.1. The highest BCUT2D eigenvalue weighted by Gasteiger charge is 2.29. The van der Waals surface area contributed by atoms with Crippen molar-refractivity contribution in [2.75, 3.05) is 7.11 Å². The average Bonchev–Trinajstić information content (AvgIpc) is 2.73. The number of carbonyl (C=O) groups excluding carboxylic acids is 2. The fraction of sp³-hybridized carbons (Fsp3) is 0.136. The summed E-state index contributed by atoms with van der Waals surface area (Å²) in [5, 5.41) is 0.367. The van der Waals surface area contributed by atoms with Crippen molar-refractivity contribution in [2.45, 2.75) is 6.42 Å². The van der Waals surface area contributed by atoms with Crippen molar-refractivity contribution in [3.63, 3.8) is 0 Å². The molecule has 0 aliphatic heterocycles. The summed E-state index contributed by atoms with van der Waals surface area (Å²) in [7, 11) is 1.56. The molecule has 1 atom stereocenters. The van der Waals surface area contributed by atoms with E-state index in [2.05, 4.69) is 4.98 Å². The van der Waals surface area contributed by atoms with Gasteiger partial charge in [-0.25, -0.2) is 4.98 Å². The summed E-state index contributed by atoms with van der Waals surface area (Å²) in [5.41, 5.74) is 1.74. The molecule has 0 saturated carbocycles. The zero-order valence-corrected chi connectivity index (χ0v) is 15.5. The second kappa shape index (κ2) is 8.60. The number of Topliss-reactive ketones (excluding diaryl/α,β-unsaturated/α-hetero) is 2. The van der Waals surface area contributed by atoms with E-state index in [0.29, 0.717) is 22.0 Å². The number of halogens is 1. The van der Waals surface area contributed by atoms with E-state index in [1.807, 2.05) is 6.07 Å². The van der Waals surface area contributed by atoms with Gasteiger partial charge in [-0.15, -0.1) is 0 Å². The Morgan fingerprint density at radius 2 is 1.56 bits per heavy atom. The third-order valence-corrected chi connectivity index (χ3v) is 4.52. The van der Waals surface area contributed by atoms with Crippen LogP contribution in [0, 0.1) is 5.92 Å². The summed E-state index contributed by atoms with van der Waals surface area (Å²) >= 11 is 5.84. The molecule has 5 heteroatoms. The zero-order chi connectivity index (χ0) is 19.2. The van der Waals surface area contributed by atoms with Crippen LogP contribution in [0.1, 0.15) is 26.3 Å². The number of rotatable bonds is 7. The first-order chi connectivity index (χ1) is 13.1. The number of ketones is 2. The van der Waals surface area contributed by atoms with Gasteiger partial charge in [0.25, 0.3) is 0 Å². The van der Waals surface area contributed by atoms with Gasteiger partial charge < -0.3 is 4.74 Å². The van der Waals surface area contributed by atoms with Crippen LogP contribution in [0.25, 0.3) is 0 Å². The maximum Gasteiger partial charge on any atom is 0.174 e. The summed E-state index contributed by atoms with van der Waals surface area (Å²) in [6.45, 7) is 0. The molecule has 0 radical (unpaired) electrons. The molecule has 0 spiro atoms. The lowest BCUT2D eigenvalue weighted by Gasteiger charge is -2.15. The van der Waals surface area contributed by atoms with Crippen LogP contribution < -0.4 is 4.74 Å². The van der Waals surface area contributed by atoms with Crippen molar-refractivity contribution < 1.29 is 14.3 Å². The minimum absolute atomic E-state index is 0.216. The van der Waals surface area contributed by atoms with Crippen LogP contribution in [0.15, 0.2) is 72.9 Å².